The van der Waals surface area contributed by atoms with E-state index in [-0.39, 0.29) is 11.1 Å². The van der Waals surface area contributed by atoms with Crippen LogP contribution in [-0.2, 0) is 22.5 Å². The van der Waals surface area contributed by atoms with Crippen LogP contribution in [0.1, 0.15) is 29.5 Å². The van der Waals surface area contributed by atoms with Crippen LogP contribution in [0.3, 0.4) is 0 Å². The van der Waals surface area contributed by atoms with E-state index in [9.17, 15) is 14.4 Å². The lowest BCUT2D eigenvalue weighted by molar-refractivity contribution is -0.119. The third-order valence-corrected chi connectivity index (χ3v) is 4.85. The minimum absolute atomic E-state index is 0.0974. The van der Waals surface area contributed by atoms with E-state index in [0.29, 0.717) is 35.5 Å². The molecule has 0 spiro atoms. The minimum atomic E-state index is -0.660. The van der Waals surface area contributed by atoms with Crippen molar-refractivity contribution in [2.75, 3.05) is 18.5 Å². The molecule has 4 rings (SSSR count). The van der Waals surface area contributed by atoms with Crippen LogP contribution in [-0.4, -0.2) is 34.6 Å². The fraction of sp³-hybridized carbons (Fsp3) is 0.273. The summed E-state index contributed by atoms with van der Waals surface area (Å²) in [4.78, 5) is 41.6. The molecular formula is C22H21N3O5. The maximum Gasteiger partial charge on any atom is 0.338 e. The van der Waals surface area contributed by atoms with Crippen molar-refractivity contribution in [1.82, 2.24) is 9.55 Å². The topological polar surface area (TPSA) is 99.5 Å². The second-order valence-corrected chi connectivity index (χ2v) is 6.87. The van der Waals surface area contributed by atoms with Gasteiger partial charge in [-0.05, 0) is 43.7 Å². The molecule has 2 aromatic carbocycles. The summed E-state index contributed by atoms with van der Waals surface area (Å²) in [6.07, 6.45) is 1.62. The number of aromatic nitrogens is 2. The third kappa shape index (κ3) is 3.89. The summed E-state index contributed by atoms with van der Waals surface area (Å²) in [5.41, 5.74) is 1.10. The van der Waals surface area contributed by atoms with Crippen molar-refractivity contribution >= 4 is 28.5 Å². The smallest absolute Gasteiger partial charge is 0.338 e. The fourth-order valence-corrected chi connectivity index (χ4v) is 3.46. The zero-order valence-corrected chi connectivity index (χ0v) is 16.5. The molecule has 1 N–H and O–H groups in total. The molecule has 0 saturated carbocycles. The van der Waals surface area contributed by atoms with E-state index in [1.54, 1.807) is 34.9 Å². The molecule has 8 heteroatoms. The number of benzene rings is 2. The predicted octanol–water partition coefficient (Wildman–Crippen LogP) is 2.54. The molecule has 8 nitrogen and oxygen atoms in total. The molecule has 1 aliphatic rings. The van der Waals surface area contributed by atoms with Gasteiger partial charge in [0.2, 0.25) is 0 Å². The number of aryl methyl sites for hydroxylation is 1. The molecule has 30 heavy (non-hydrogen) atoms. The average molecular weight is 407 g/mol. The number of carbonyl (C=O) groups excluding carboxylic acids is 2. The van der Waals surface area contributed by atoms with E-state index >= 15 is 0 Å². The van der Waals surface area contributed by atoms with Gasteiger partial charge < -0.3 is 14.8 Å². The highest BCUT2D eigenvalue weighted by Crippen LogP contribution is 2.23. The van der Waals surface area contributed by atoms with Crippen molar-refractivity contribution in [3.05, 3.63) is 64.2 Å². The molecular weight excluding hydrogens is 386 g/mol. The first kappa shape index (κ1) is 19.6. The standard InChI is InChI=1S/C22H21N3O5/c1-2-29-18-7-4-3-6-16(18)24-20(26)13-30-22(28)14-9-10-15-17(12-14)23-19-8-5-11-25(19)21(15)27/h3-4,6-7,9-10,12H,2,5,8,11,13H2,1H3,(H,24,26). The molecule has 0 atom stereocenters. The lowest BCUT2D eigenvalue weighted by atomic mass is 10.1. The van der Waals surface area contributed by atoms with Gasteiger partial charge in [0.25, 0.3) is 11.5 Å². The highest BCUT2D eigenvalue weighted by atomic mass is 16.5. The Hall–Kier alpha value is -3.68. The maximum atomic E-state index is 12.5. The normalized spacial score (nSPS) is 12.4. The van der Waals surface area contributed by atoms with Crippen LogP contribution in [0, 0.1) is 0 Å². The number of amides is 1. The van der Waals surface area contributed by atoms with Crippen LogP contribution in [0.5, 0.6) is 5.75 Å². The molecule has 0 fully saturated rings. The van der Waals surface area contributed by atoms with Crippen LogP contribution in [0.4, 0.5) is 5.69 Å². The molecule has 2 heterocycles. The molecule has 1 amide bonds. The second-order valence-electron chi connectivity index (χ2n) is 6.87. The van der Waals surface area contributed by atoms with Gasteiger partial charge in [0.1, 0.15) is 11.6 Å². The zero-order valence-electron chi connectivity index (χ0n) is 16.5. The van der Waals surface area contributed by atoms with Crippen LogP contribution in [0.15, 0.2) is 47.3 Å². The molecule has 3 aromatic rings. The number of nitrogens with one attached hydrogen (secondary N) is 1. The number of esters is 1. The predicted molar refractivity (Wildman–Crippen MR) is 111 cm³/mol. The number of carbonyl (C=O) groups is 2. The quantitative estimate of drug-likeness (QED) is 0.631. The van der Waals surface area contributed by atoms with Crippen LogP contribution >= 0.6 is 0 Å². The van der Waals surface area contributed by atoms with Crippen molar-refractivity contribution in [1.29, 1.82) is 0 Å². The van der Waals surface area contributed by atoms with Gasteiger partial charge in [-0.25, -0.2) is 9.78 Å². The zero-order chi connectivity index (χ0) is 21.1. The minimum Gasteiger partial charge on any atom is -0.492 e. The van der Waals surface area contributed by atoms with E-state index in [1.807, 2.05) is 6.92 Å². The van der Waals surface area contributed by atoms with Gasteiger partial charge in [0.15, 0.2) is 6.61 Å². The fourth-order valence-electron chi connectivity index (χ4n) is 3.46. The van der Waals surface area contributed by atoms with Crippen LogP contribution in [0.2, 0.25) is 0 Å². The summed E-state index contributed by atoms with van der Waals surface area (Å²) in [6, 6.07) is 11.6. The number of rotatable bonds is 6. The number of anilines is 1. The van der Waals surface area contributed by atoms with E-state index in [4.69, 9.17) is 9.47 Å². The number of ether oxygens (including phenoxy) is 2. The van der Waals surface area contributed by atoms with Gasteiger partial charge in [-0.2, -0.15) is 0 Å². The Bertz CT molecular complexity index is 1190. The molecule has 0 radical (unpaired) electrons. The first-order valence-electron chi connectivity index (χ1n) is 9.79. The van der Waals surface area contributed by atoms with Gasteiger partial charge in [0.05, 0.1) is 28.8 Å². The Morgan fingerprint density at radius 1 is 1.20 bits per heavy atom. The highest BCUT2D eigenvalue weighted by Gasteiger charge is 2.18. The molecule has 0 bridgehead atoms. The Morgan fingerprint density at radius 2 is 2.03 bits per heavy atom. The van der Waals surface area contributed by atoms with Crippen molar-refractivity contribution in [2.24, 2.45) is 0 Å². The maximum absolute atomic E-state index is 12.5. The number of para-hydroxylation sites is 2. The monoisotopic (exact) mass is 407 g/mol. The number of hydrogen-bond acceptors (Lipinski definition) is 6. The van der Waals surface area contributed by atoms with Gasteiger partial charge in [0, 0.05) is 13.0 Å². The van der Waals surface area contributed by atoms with Crippen molar-refractivity contribution < 1.29 is 19.1 Å². The van der Waals surface area contributed by atoms with Gasteiger partial charge in [-0.3, -0.25) is 14.2 Å². The Balaban J connectivity index is 1.44. The summed E-state index contributed by atoms with van der Waals surface area (Å²) in [7, 11) is 0. The summed E-state index contributed by atoms with van der Waals surface area (Å²) in [5, 5.41) is 3.13. The highest BCUT2D eigenvalue weighted by molar-refractivity contribution is 5.97. The summed E-state index contributed by atoms with van der Waals surface area (Å²) in [5.74, 6) is 0.127. The van der Waals surface area contributed by atoms with Crippen molar-refractivity contribution in [3.63, 3.8) is 0 Å². The SMILES string of the molecule is CCOc1ccccc1NC(=O)COC(=O)c1ccc2c(=O)n3c(nc2c1)CCC3. The first-order chi connectivity index (χ1) is 14.6. The molecule has 1 aromatic heterocycles. The lowest BCUT2D eigenvalue weighted by Crippen LogP contribution is -2.22. The van der Waals surface area contributed by atoms with Crippen LogP contribution in [0.25, 0.3) is 10.9 Å². The molecule has 154 valence electrons. The van der Waals surface area contributed by atoms with Crippen LogP contribution < -0.4 is 15.6 Å². The van der Waals surface area contributed by atoms with Gasteiger partial charge in [-0.1, -0.05) is 12.1 Å². The summed E-state index contributed by atoms with van der Waals surface area (Å²) in [6.45, 7) is 2.53. The van der Waals surface area contributed by atoms with E-state index < -0.39 is 18.5 Å². The third-order valence-electron chi connectivity index (χ3n) is 4.85. The summed E-state index contributed by atoms with van der Waals surface area (Å²) < 4.78 is 12.3. The van der Waals surface area contributed by atoms with Gasteiger partial charge >= 0.3 is 5.97 Å². The largest absolute Gasteiger partial charge is 0.492 e. The van der Waals surface area contributed by atoms with Crippen molar-refractivity contribution in [3.8, 4) is 5.75 Å². The molecule has 0 saturated heterocycles. The number of nitrogens with zero attached hydrogens (tertiary/aromatic N) is 2. The van der Waals surface area contributed by atoms with E-state index in [1.165, 1.54) is 12.1 Å². The van der Waals surface area contributed by atoms with E-state index in [0.717, 1.165) is 18.7 Å². The van der Waals surface area contributed by atoms with Gasteiger partial charge in [-0.15, -0.1) is 0 Å². The molecule has 1 aliphatic heterocycles. The Labute approximate surface area is 172 Å². The van der Waals surface area contributed by atoms with E-state index in [2.05, 4.69) is 10.3 Å². The average Bonchev–Trinajstić information content (AvgIpc) is 3.22. The number of hydrogen-bond donors (Lipinski definition) is 1. The summed E-state index contributed by atoms with van der Waals surface area (Å²) >= 11 is 0. The first-order valence-corrected chi connectivity index (χ1v) is 9.79. The molecule has 0 aliphatic carbocycles. The Kier molecular flexibility index (Phi) is 5.47. The van der Waals surface area contributed by atoms with Crippen molar-refractivity contribution in [2.45, 2.75) is 26.3 Å². The Morgan fingerprint density at radius 3 is 2.87 bits per heavy atom. The molecule has 0 unspecified atom stereocenters. The second kappa shape index (κ2) is 8.36. The lowest BCUT2D eigenvalue weighted by Gasteiger charge is -2.11. The number of fused-ring (bicyclic) bond motifs is 2.